The third kappa shape index (κ3) is 3.85. The summed E-state index contributed by atoms with van der Waals surface area (Å²) < 4.78 is 12.0. The van der Waals surface area contributed by atoms with Crippen LogP contribution in [-0.2, 0) is 16.6 Å². The Kier molecular flexibility index (Phi) is 5.55. The molecule has 0 saturated heterocycles. The van der Waals surface area contributed by atoms with E-state index in [9.17, 15) is 9.59 Å². The van der Waals surface area contributed by atoms with Crippen molar-refractivity contribution in [3.05, 3.63) is 40.7 Å². The van der Waals surface area contributed by atoms with Crippen LogP contribution in [0.4, 0.5) is 0 Å². The highest BCUT2D eigenvalue weighted by molar-refractivity contribution is 5.86. The van der Waals surface area contributed by atoms with Crippen LogP contribution < -0.4 is 15.6 Å². The largest absolute Gasteiger partial charge is 0.483 e. The number of ether oxygens (including phenoxy) is 2. The maximum atomic E-state index is 11.9. The molecular weight excluding hydrogens is 284 g/mol. The van der Waals surface area contributed by atoms with Crippen molar-refractivity contribution in [1.82, 2.24) is 9.88 Å². The second-order valence-electron chi connectivity index (χ2n) is 4.91. The van der Waals surface area contributed by atoms with Gasteiger partial charge in [0.2, 0.25) is 0 Å². The molecule has 1 N–H and O–H groups in total. The Bertz CT molecular complexity index is 709. The molecule has 0 bridgehead atoms. The average molecular weight is 304 g/mol. The number of pyridine rings is 1. The third-order valence-electron chi connectivity index (χ3n) is 3.32. The number of fused-ring (bicyclic) bond motifs is 1. The zero-order valence-electron chi connectivity index (χ0n) is 12.8. The first-order valence-corrected chi connectivity index (χ1v) is 7.10. The van der Waals surface area contributed by atoms with E-state index < -0.39 is 0 Å². The number of rotatable bonds is 7. The van der Waals surface area contributed by atoms with Crippen LogP contribution in [-0.4, -0.2) is 37.3 Å². The summed E-state index contributed by atoms with van der Waals surface area (Å²) >= 11 is 0. The fraction of sp³-hybridized carbons (Fsp3) is 0.375. The highest BCUT2D eigenvalue weighted by atomic mass is 16.5. The minimum Gasteiger partial charge on any atom is -0.483 e. The number of methoxy groups -OCH3 is 1. The van der Waals surface area contributed by atoms with Gasteiger partial charge in [-0.15, -0.1) is 0 Å². The maximum absolute atomic E-state index is 11.9. The van der Waals surface area contributed by atoms with Crippen molar-refractivity contribution in [3.8, 4) is 5.75 Å². The summed E-state index contributed by atoms with van der Waals surface area (Å²) in [5, 5.41) is 3.54. The van der Waals surface area contributed by atoms with E-state index >= 15 is 0 Å². The van der Waals surface area contributed by atoms with Gasteiger partial charge in [-0.1, -0.05) is 12.1 Å². The van der Waals surface area contributed by atoms with Gasteiger partial charge in [-0.05, 0) is 18.6 Å². The SMILES string of the molecule is COCCCNC(=O)COc1cc(=O)n(C)c2ccccc12. The highest BCUT2D eigenvalue weighted by Crippen LogP contribution is 2.22. The smallest absolute Gasteiger partial charge is 0.257 e. The molecule has 22 heavy (non-hydrogen) atoms. The Labute approximate surface area is 128 Å². The van der Waals surface area contributed by atoms with Crippen LogP contribution in [0.2, 0.25) is 0 Å². The van der Waals surface area contributed by atoms with Gasteiger partial charge in [0, 0.05) is 38.8 Å². The maximum Gasteiger partial charge on any atom is 0.257 e. The molecule has 1 aromatic carbocycles. The summed E-state index contributed by atoms with van der Waals surface area (Å²) in [7, 11) is 3.32. The van der Waals surface area contributed by atoms with Gasteiger partial charge in [0.15, 0.2) is 6.61 Å². The number of aryl methyl sites for hydroxylation is 1. The number of nitrogens with zero attached hydrogens (tertiary/aromatic N) is 1. The van der Waals surface area contributed by atoms with Crippen LogP contribution in [0.3, 0.4) is 0 Å². The van der Waals surface area contributed by atoms with E-state index in [-0.39, 0.29) is 18.1 Å². The zero-order valence-corrected chi connectivity index (χ0v) is 12.8. The number of carbonyl (C=O) groups is 1. The van der Waals surface area contributed by atoms with Gasteiger partial charge in [0.05, 0.1) is 5.52 Å². The number of para-hydroxylation sites is 1. The number of aromatic nitrogens is 1. The Morgan fingerprint density at radius 1 is 1.32 bits per heavy atom. The predicted octanol–water partition coefficient (Wildman–Crippen LogP) is 1.07. The number of nitrogens with one attached hydrogen (secondary N) is 1. The Balaban J connectivity index is 2.04. The molecule has 6 heteroatoms. The molecule has 1 amide bonds. The van der Waals surface area contributed by atoms with Crippen molar-refractivity contribution in [2.24, 2.45) is 7.05 Å². The summed E-state index contributed by atoms with van der Waals surface area (Å²) in [6.45, 7) is 1.01. The van der Waals surface area contributed by atoms with Gasteiger partial charge in [0.1, 0.15) is 5.75 Å². The molecule has 2 aromatic rings. The molecule has 6 nitrogen and oxygen atoms in total. The number of amides is 1. The highest BCUT2D eigenvalue weighted by Gasteiger charge is 2.09. The lowest BCUT2D eigenvalue weighted by Crippen LogP contribution is -2.30. The van der Waals surface area contributed by atoms with Crippen molar-refractivity contribution >= 4 is 16.8 Å². The van der Waals surface area contributed by atoms with Crippen LogP contribution in [0, 0.1) is 0 Å². The lowest BCUT2D eigenvalue weighted by Gasteiger charge is -2.11. The number of hydrogen-bond donors (Lipinski definition) is 1. The molecule has 0 fully saturated rings. The third-order valence-corrected chi connectivity index (χ3v) is 3.32. The summed E-state index contributed by atoms with van der Waals surface area (Å²) in [4.78, 5) is 23.6. The van der Waals surface area contributed by atoms with E-state index in [2.05, 4.69) is 5.32 Å². The molecule has 118 valence electrons. The predicted molar refractivity (Wildman–Crippen MR) is 84.2 cm³/mol. The number of benzene rings is 1. The molecule has 0 radical (unpaired) electrons. The van der Waals surface area contributed by atoms with Crippen molar-refractivity contribution in [1.29, 1.82) is 0 Å². The lowest BCUT2D eigenvalue weighted by molar-refractivity contribution is -0.123. The molecule has 2 rings (SSSR count). The van der Waals surface area contributed by atoms with E-state index in [1.165, 1.54) is 6.07 Å². The molecular formula is C16H20N2O4. The summed E-state index contributed by atoms with van der Waals surface area (Å²) in [6.07, 6.45) is 0.747. The van der Waals surface area contributed by atoms with Gasteiger partial charge in [-0.2, -0.15) is 0 Å². The summed E-state index contributed by atoms with van der Waals surface area (Å²) in [5.74, 6) is 0.201. The standard InChI is InChI=1S/C16H20N2O4/c1-18-13-7-4-3-6-12(13)14(10-16(18)20)22-11-15(19)17-8-5-9-21-2/h3-4,6-7,10H,5,8-9,11H2,1-2H3,(H,17,19). The molecule has 0 unspecified atom stereocenters. The average Bonchev–Trinajstić information content (AvgIpc) is 2.54. The van der Waals surface area contributed by atoms with Crippen LogP contribution >= 0.6 is 0 Å². The zero-order chi connectivity index (χ0) is 15.9. The first kappa shape index (κ1) is 16.0. The van der Waals surface area contributed by atoms with E-state index in [1.807, 2.05) is 24.3 Å². The minimum atomic E-state index is -0.221. The van der Waals surface area contributed by atoms with Gasteiger partial charge in [-0.25, -0.2) is 0 Å². The minimum absolute atomic E-state index is 0.121. The van der Waals surface area contributed by atoms with Crippen LogP contribution in [0.15, 0.2) is 35.1 Å². The van der Waals surface area contributed by atoms with Crippen molar-refractivity contribution < 1.29 is 14.3 Å². The molecule has 0 aliphatic heterocycles. The number of carbonyl (C=O) groups excluding carboxylic acids is 1. The Morgan fingerprint density at radius 3 is 2.86 bits per heavy atom. The molecule has 1 heterocycles. The van der Waals surface area contributed by atoms with Crippen LogP contribution in [0.1, 0.15) is 6.42 Å². The van der Waals surface area contributed by atoms with Crippen molar-refractivity contribution in [3.63, 3.8) is 0 Å². The van der Waals surface area contributed by atoms with Gasteiger partial charge < -0.3 is 19.4 Å². The fourth-order valence-corrected chi connectivity index (χ4v) is 2.14. The first-order chi connectivity index (χ1) is 10.6. The lowest BCUT2D eigenvalue weighted by atomic mass is 10.2. The summed E-state index contributed by atoms with van der Waals surface area (Å²) in [6, 6.07) is 8.83. The topological polar surface area (TPSA) is 69.6 Å². The van der Waals surface area contributed by atoms with Crippen molar-refractivity contribution in [2.75, 3.05) is 26.9 Å². The molecule has 0 atom stereocenters. The van der Waals surface area contributed by atoms with E-state index in [4.69, 9.17) is 9.47 Å². The van der Waals surface area contributed by atoms with Gasteiger partial charge >= 0.3 is 0 Å². The fourth-order valence-electron chi connectivity index (χ4n) is 2.14. The van der Waals surface area contributed by atoms with E-state index in [1.54, 1.807) is 18.7 Å². The molecule has 1 aromatic heterocycles. The second-order valence-corrected chi connectivity index (χ2v) is 4.91. The van der Waals surface area contributed by atoms with Gasteiger partial charge in [-0.3, -0.25) is 9.59 Å². The Morgan fingerprint density at radius 2 is 2.09 bits per heavy atom. The molecule has 0 aliphatic carbocycles. The first-order valence-electron chi connectivity index (χ1n) is 7.10. The van der Waals surface area contributed by atoms with E-state index in [0.29, 0.717) is 18.9 Å². The molecule has 0 aliphatic rings. The monoisotopic (exact) mass is 304 g/mol. The normalized spacial score (nSPS) is 10.6. The van der Waals surface area contributed by atoms with E-state index in [0.717, 1.165) is 17.3 Å². The Hall–Kier alpha value is -2.34. The van der Waals surface area contributed by atoms with Crippen LogP contribution in [0.25, 0.3) is 10.9 Å². The second kappa shape index (κ2) is 7.61. The molecule has 0 saturated carbocycles. The summed E-state index contributed by atoms with van der Waals surface area (Å²) in [5.41, 5.74) is 0.597. The number of hydrogen-bond acceptors (Lipinski definition) is 4. The molecule has 0 spiro atoms. The van der Waals surface area contributed by atoms with Crippen molar-refractivity contribution in [2.45, 2.75) is 6.42 Å². The van der Waals surface area contributed by atoms with Gasteiger partial charge in [0.25, 0.3) is 11.5 Å². The van der Waals surface area contributed by atoms with Crippen LogP contribution in [0.5, 0.6) is 5.75 Å². The quantitative estimate of drug-likeness (QED) is 0.777.